The zero-order valence-electron chi connectivity index (χ0n) is 12.5. The predicted molar refractivity (Wildman–Crippen MR) is 87.5 cm³/mol. The van der Waals surface area contributed by atoms with Gasteiger partial charge < -0.3 is 5.32 Å². The minimum Gasteiger partial charge on any atom is -0.314 e. The molecule has 0 fully saturated rings. The minimum absolute atomic E-state index is 0.166. The van der Waals surface area contributed by atoms with E-state index in [1.165, 1.54) is 17.2 Å². The molecular weight excluding hydrogens is 285 g/mol. The summed E-state index contributed by atoms with van der Waals surface area (Å²) in [5.41, 5.74) is 3.49. The first-order valence-electron chi connectivity index (χ1n) is 7.27. The molecule has 1 atom stereocenters. The molecule has 1 N–H and O–H groups in total. The molecule has 0 saturated carbocycles. The number of nitrogens with one attached hydrogen (secondary N) is 1. The van der Waals surface area contributed by atoms with Crippen LogP contribution in [0.1, 0.15) is 23.6 Å². The first-order valence-corrected chi connectivity index (χ1v) is 7.65. The highest BCUT2D eigenvalue weighted by molar-refractivity contribution is 6.30. The lowest BCUT2D eigenvalue weighted by Gasteiger charge is -2.14. The highest BCUT2D eigenvalue weighted by atomic mass is 35.5. The van der Waals surface area contributed by atoms with Crippen molar-refractivity contribution in [2.45, 2.75) is 32.7 Å². The summed E-state index contributed by atoms with van der Waals surface area (Å²) in [7, 11) is 0. The monoisotopic (exact) mass is 305 g/mol. The molecule has 21 heavy (non-hydrogen) atoms. The summed E-state index contributed by atoms with van der Waals surface area (Å²) < 4.78 is 13.0. The zero-order valence-corrected chi connectivity index (χ0v) is 13.3. The van der Waals surface area contributed by atoms with E-state index in [0.717, 1.165) is 30.0 Å². The Labute approximate surface area is 131 Å². The quantitative estimate of drug-likeness (QED) is 0.825. The highest BCUT2D eigenvalue weighted by Gasteiger charge is 2.04. The fourth-order valence-electron chi connectivity index (χ4n) is 2.44. The topological polar surface area (TPSA) is 12.0 Å². The van der Waals surface area contributed by atoms with Gasteiger partial charge in [0.05, 0.1) is 0 Å². The van der Waals surface area contributed by atoms with Crippen LogP contribution in [0.15, 0.2) is 42.5 Å². The van der Waals surface area contributed by atoms with Gasteiger partial charge in [0, 0.05) is 11.1 Å². The van der Waals surface area contributed by atoms with Gasteiger partial charge in [0.25, 0.3) is 0 Å². The minimum atomic E-state index is -0.166. The fourth-order valence-corrected chi connectivity index (χ4v) is 2.57. The Morgan fingerprint density at radius 3 is 2.52 bits per heavy atom. The molecule has 0 amide bonds. The maximum absolute atomic E-state index is 13.0. The lowest BCUT2D eigenvalue weighted by Crippen LogP contribution is -2.30. The van der Waals surface area contributed by atoms with E-state index >= 15 is 0 Å². The molecule has 2 aromatic rings. The van der Waals surface area contributed by atoms with Crippen molar-refractivity contribution in [3.8, 4) is 0 Å². The Balaban J connectivity index is 1.78. The third-order valence-electron chi connectivity index (χ3n) is 3.65. The second-order valence-electron chi connectivity index (χ2n) is 5.51. The van der Waals surface area contributed by atoms with E-state index in [1.807, 2.05) is 25.1 Å². The summed E-state index contributed by atoms with van der Waals surface area (Å²) in [6.45, 7) is 5.02. The van der Waals surface area contributed by atoms with Gasteiger partial charge in [-0.1, -0.05) is 29.8 Å². The van der Waals surface area contributed by atoms with Gasteiger partial charge in [-0.25, -0.2) is 4.39 Å². The summed E-state index contributed by atoms with van der Waals surface area (Å²) in [5, 5.41) is 4.28. The van der Waals surface area contributed by atoms with E-state index < -0.39 is 0 Å². The van der Waals surface area contributed by atoms with Crippen LogP contribution in [-0.2, 0) is 12.8 Å². The summed E-state index contributed by atoms with van der Waals surface area (Å²) >= 11 is 5.88. The first kappa shape index (κ1) is 16.0. The SMILES string of the molecule is Cc1cc(F)ccc1CCNC(C)Cc1ccc(Cl)cc1. The Morgan fingerprint density at radius 1 is 1.14 bits per heavy atom. The fraction of sp³-hybridized carbons (Fsp3) is 0.333. The summed E-state index contributed by atoms with van der Waals surface area (Å²) in [6.07, 6.45) is 1.89. The molecule has 2 aromatic carbocycles. The van der Waals surface area contributed by atoms with Crippen molar-refractivity contribution in [2.75, 3.05) is 6.54 Å². The molecular formula is C18H21ClFN. The van der Waals surface area contributed by atoms with Crippen LogP contribution in [-0.4, -0.2) is 12.6 Å². The van der Waals surface area contributed by atoms with Gasteiger partial charge in [0.15, 0.2) is 0 Å². The number of aryl methyl sites for hydroxylation is 1. The molecule has 0 aromatic heterocycles. The normalized spacial score (nSPS) is 12.4. The molecule has 0 spiro atoms. The molecule has 0 aliphatic rings. The number of rotatable bonds is 6. The standard InChI is InChI=1S/C18H21ClFN/c1-13-11-18(20)8-5-16(13)9-10-21-14(2)12-15-3-6-17(19)7-4-15/h3-8,11,14,21H,9-10,12H2,1-2H3. The third-order valence-corrected chi connectivity index (χ3v) is 3.90. The predicted octanol–water partition coefficient (Wildman–Crippen LogP) is 4.55. The molecule has 1 unspecified atom stereocenters. The lowest BCUT2D eigenvalue weighted by molar-refractivity contribution is 0.547. The molecule has 2 rings (SSSR count). The summed E-state index contributed by atoms with van der Waals surface area (Å²) in [5.74, 6) is -0.166. The van der Waals surface area contributed by atoms with Crippen LogP contribution in [0.3, 0.4) is 0 Å². The summed E-state index contributed by atoms with van der Waals surface area (Å²) in [4.78, 5) is 0. The second kappa shape index (κ2) is 7.58. The average Bonchev–Trinajstić information content (AvgIpc) is 2.44. The molecule has 0 heterocycles. The maximum Gasteiger partial charge on any atom is 0.123 e. The van der Waals surface area contributed by atoms with Crippen LogP contribution in [0.5, 0.6) is 0 Å². The Kier molecular flexibility index (Phi) is 5.77. The van der Waals surface area contributed by atoms with Gasteiger partial charge in [-0.05, 0) is 74.2 Å². The van der Waals surface area contributed by atoms with Crippen molar-refractivity contribution in [3.05, 3.63) is 70.0 Å². The van der Waals surface area contributed by atoms with E-state index in [1.54, 1.807) is 6.07 Å². The molecule has 0 aliphatic carbocycles. The van der Waals surface area contributed by atoms with Gasteiger partial charge in [-0.15, -0.1) is 0 Å². The van der Waals surface area contributed by atoms with Crippen LogP contribution in [0.4, 0.5) is 4.39 Å². The van der Waals surface area contributed by atoms with Crippen molar-refractivity contribution in [1.29, 1.82) is 0 Å². The number of benzene rings is 2. The molecule has 1 nitrogen and oxygen atoms in total. The molecule has 3 heteroatoms. The highest BCUT2D eigenvalue weighted by Crippen LogP contribution is 2.12. The average molecular weight is 306 g/mol. The van der Waals surface area contributed by atoms with Gasteiger partial charge in [0.2, 0.25) is 0 Å². The molecule has 0 aliphatic heterocycles. The smallest absolute Gasteiger partial charge is 0.123 e. The Hall–Kier alpha value is -1.38. The van der Waals surface area contributed by atoms with E-state index in [2.05, 4.69) is 24.4 Å². The van der Waals surface area contributed by atoms with Crippen LogP contribution >= 0.6 is 11.6 Å². The van der Waals surface area contributed by atoms with E-state index in [0.29, 0.717) is 6.04 Å². The number of halogens is 2. The van der Waals surface area contributed by atoms with E-state index in [-0.39, 0.29) is 5.82 Å². The molecule has 0 radical (unpaired) electrons. The van der Waals surface area contributed by atoms with Gasteiger partial charge >= 0.3 is 0 Å². The number of hydrogen-bond acceptors (Lipinski definition) is 1. The lowest BCUT2D eigenvalue weighted by atomic mass is 10.0. The van der Waals surface area contributed by atoms with Crippen molar-refractivity contribution >= 4 is 11.6 Å². The van der Waals surface area contributed by atoms with Gasteiger partial charge in [-0.3, -0.25) is 0 Å². The van der Waals surface area contributed by atoms with Gasteiger partial charge in [0.1, 0.15) is 5.82 Å². The molecule has 112 valence electrons. The van der Waals surface area contributed by atoms with E-state index in [4.69, 9.17) is 11.6 Å². The van der Waals surface area contributed by atoms with Crippen molar-refractivity contribution in [1.82, 2.24) is 5.32 Å². The van der Waals surface area contributed by atoms with Crippen molar-refractivity contribution < 1.29 is 4.39 Å². The molecule has 0 saturated heterocycles. The van der Waals surface area contributed by atoms with Gasteiger partial charge in [-0.2, -0.15) is 0 Å². The third kappa shape index (κ3) is 5.14. The Morgan fingerprint density at radius 2 is 1.86 bits per heavy atom. The summed E-state index contributed by atoms with van der Waals surface area (Å²) in [6, 6.07) is 13.3. The van der Waals surface area contributed by atoms with Crippen LogP contribution < -0.4 is 5.32 Å². The van der Waals surface area contributed by atoms with Crippen molar-refractivity contribution in [2.24, 2.45) is 0 Å². The Bertz CT molecular complexity index is 580. The first-order chi connectivity index (χ1) is 10.0. The van der Waals surface area contributed by atoms with Crippen LogP contribution in [0.2, 0.25) is 5.02 Å². The van der Waals surface area contributed by atoms with E-state index in [9.17, 15) is 4.39 Å². The zero-order chi connectivity index (χ0) is 15.2. The largest absolute Gasteiger partial charge is 0.314 e. The molecule has 0 bridgehead atoms. The second-order valence-corrected chi connectivity index (χ2v) is 5.94. The van der Waals surface area contributed by atoms with Crippen molar-refractivity contribution in [3.63, 3.8) is 0 Å². The maximum atomic E-state index is 13.0. The van der Waals surface area contributed by atoms with Crippen LogP contribution in [0.25, 0.3) is 0 Å². The number of hydrogen-bond donors (Lipinski definition) is 1. The van der Waals surface area contributed by atoms with Crippen LogP contribution in [0, 0.1) is 12.7 Å².